The van der Waals surface area contributed by atoms with E-state index in [1.54, 1.807) is 30.3 Å². The fraction of sp³-hybridized carbons (Fsp3) is 0.308. The summed E-state index contributed by atoms with van der Waals surface area (Å²) < 4.78 is 27.1. The lowest BCUT2D eigenvalue weighted by molar-refractivity contribution is 0.568. The molecule has 4 nitrogen and oxygen atoms in total. The molecular formula is C13H16N2O2S2. The molecule has 0 aliphatic rings. The first kappa shape index (κ1) is 14.2. The zero-order valence-electron chi connectivity index (χ0n) is 11.0. The number of hydrogen-bond acceptors (Lipinski definition) is 4. The van der Waals surface area contributed by atoms with Gasteiger partial charge in [0.25, 0.3) is 0 Å². The Labute approximate surface area is 117 Å². The summed E-state index contributed by atoms with van der Waals surface area (Å²) in [7, 11) is -3.49. The molecular weight excluding hydrogens is 280 g/mol. The molecule has 0 saturated carbocycles. The molecule has 0 bridgehead atoms. The van der Waals surface area contributed by atoms with Gasteiger partial charge in [-0.3, -0.25) is 0 Å². The van der Waals surface area contributed by atoms with Gasteiger partial charge in [0, 0.05) is 4.88 Å². The summed E-state index contributed by atoms with van der Waals surface area (Å²) in [6.07, 6.45) is 0. The van der Waals surface area contributed by atoms with Crippen molar-refractivity contribution >= 4 is 21.4 Å². The predicted octanol–water partition coefficient (Wildman–Crippen LogP) is 2.80. The van der Waals surface area contributed by atoms with Gasteiger partial charge in [-0.05, 0) is 32.9 Å². The van der Waals surface area contributed by atoms with Crippen LogP contribution in [0.15, 0.2) is 35.2 Å². The molecule has 102 valence electrons. The number of benzene rings is 1. The Morgan fingerprint density at radius 1 is 1.21 bits per heavy atom. The quantitative estimate of drug-likeness (QED) is 0.944. The maximum atomic E-state index is 12.2. The maximum absolute atomic E-state index is 12.2. The van der Waals surface area contributed by atoms with Crippen LogP contribution in [0.4, 0.5) is 0 Å². The van der Waals surface area contributed by atoms with Gasteiger partial charge in [-0.2, -0.15) is 0 Å². The second-order valence-corrected chi connectivity index (χ2v) is 7.29. The number of sulfonamides is 1. The lowest BCUT2D eigenvalue weighted by Gasteiger charge is -2.13. The first-order chi connectivity index (χ1) is 8.90. The molecule has 1 aromatic carbocycles. The number of thiazole rings is 1. The minimum absolute atomic E-state index is 0.278. The Morgan fingerprint density at radius 3 is 2.37 bits per heavy atom. The van der Waals surface area contributed by atoms with Gasteiger partial charge in [-0.25, -0.2) is 18.1 Å². The molecule has 1 unspecified atom stereocenters. The van der Waals surface area contributed by atoms with Crippen molar-refractivity contribution in [3.8, 4) is 0 Å². The van der Waals surface area contributed by atoms with Crippen LogP contribution in [0.3, 0.4) is 0 Å². The van der Waals surface area contributed by atoms with Gasteiger partial charge < -0.3 is 0 Å². The van der Waals surface area contributed by atoms with E-state index in [-0.39, 0.29) is 10.9 Å². The van der Waals surface area contributed by atoms with Crippen molar-refractivity contribution in [1.29, 1.82) is 0 Å². The third kappa shape index (κ3) is 3.20. The Balaban J connectivity index is 2.24. The molecule has 1 heterocycles. The summed E-state index contributed by atoms with van der Waals surface area (Å²) in [5, 5.41) is 0.943. The highest BCUT2D eigenvalue weighted by molar-refractivity contribution is 7.89. The molecule has 2 aromatic rings. The Morgan fingerprint density at radius 2 is 1.84 bits per heavy atom. The van der Waals surface area contributed by atoms with E-state index in [1.807, 2.05) is 20.8 Å². The summed E-state index contributed by atoms with van der Waals surface area (Å²) in [4.78, 5) is 5.55. The Kier molecular flexibility index (Phi) is 4.03. The van der Waals surface area contributed by atoms with E-state index in [9.17, 15) is 8.42 Å². The standard InChI is InChI=1S/C13H16N2O2S2/c1-9-13(18-11(3)14-9)10(2)15-19(16,17)12-7-5-4-6-8-12/h4-8,10,15H,1-3H3. The minimum atomic E-state index is -3.49. The molecule has 1 aromatic heterocycles. The van der Waals surface area contributed by atoms with Gasteiger partial charge in [0.15, 0.2) is 0 Å². The van der Waals surface area contributed by atoms with E-state index < -0.39 is 10.0 Å². The number of aromatic nitrogens is 1. The van der Waals surface area contributed by atoms with Crippen LogP contribution >= 0.6 is 11.3 Å². The average molecular weight is 296 g/mol. The molecule has 0 amide bonds. The van der Waals surface area contributed by atoms with Crippen LogP contribution in [-0.4, -0.2) is 13.4 Å². The first-order valence-corrected chi connectivity index (χ1v) is 8.21. The zero-order valence-corrected chi connectivity index (χ0v) is 12.7. The second-order valence-electron chi connectivity index (χ2n) is 4.34. The maximum Gasteiger partial charge on any atom is 0.241 e. The monoisotopic (exact) mass is 296 g/mol. The SMILES string of the molecule is Cc1nc(C)c(C(C)NS(=O)(=O)c2ccccc2)s1. The van der Waals surface area contributed by atoms with E-state index in [4.69, 9.17) is 0 Å². The van der Waals surface area contributed by atoms with E-state index in [2.05, 4.69) is 9.71 Å². The molecule has 0 spiro atoms. The first-order valence-electron chi connectivity index (χ1n) is 5.91. The van der Waals surface area contributed by atoms with Gasteiger partial charge in [0.2, 0.25) is 10.0 Å². The van der Waals surface area contributed by atoms with Crippen molar-refractivity contribution in [2.75, 3.05) is 0 Å². The normalized spacial score (nSPS) is 13.4. The van der Waals surface area contributed by atoms with Crippen molar-refractivity contribution in [1.82, 2.24) is 9.71 Å². The van der Waals surface area contributed by atoms with Gasteiger partial charge in [-0.1, -0.05) is 18.2 Å². The lowest BCUT2D eigenvalue weighted by Crippen LogP contribution is -2.26. The van der Waals surface area contributed by atoms with Crippen molar-refractivity contribution in [3.05, 3.63) is 45.9 Å². The van der Waals surface area contributed by atoms with Gasteiger partial charge in [0.1, 0.15) is 0 Å². The van der Waals surface area contributed by atoms with E-state index in [1.165, 1.54) is 11.3 Å². The number of rotatable bonds is 4. The minimum Gasteiger partial charge on any atom is -0.247 e. The predicted molar refractivity (Wildman–Crippen MR) is 76.8 cm³/mol. The topological polar surface area (TPSA) is 59.1 Å². The van der Waals surface area contributed by atoms with Crippen molar-refractivity contribution in [2.24, 2.45) is 0 Å². The third-order valence-electron chi connectivity index (χ3n) is 2.72. The third-order valence-corrected chi connectivity index (χ3v) is 5.53. The molecule has 19 heavy (non-hydrogen) atoms. The average Bonchev–Trinajstić information content (AvgIpc) is 2.69. The summed E-state index contributed by atoms with van der Waals surface area (Å²) in [5.74, 6) is 0. The highest BCUT2D eigenvalue weighted by atomic mass is 32.2. The zero-order chi connectivity index (χ0) is 14.0. The molecule has 0 fully saturated rings. The van der Waals surface area contributed by atoms with Crippen LogP contribution in [0.1, 0.15) is 28.5 Å². The van der Waals surface area contributed by atoms with Gasteiger partial charge in [0.05, 0.1) is 21.6 Å². The van der Waals surface area contributed by atoms with Crippen LogP contribution in [0.25, 0.3) is 0 Å². The van der Waals surface area contributed by atoms with Crippen molar-refractivity contribution < 1.29 is 8.42 Å². The van der Waals surface area contributed by atoms with Crippen LogP contribution in [-0.2, 0) is 10.0 Å². The summed E-state index contributed by atoms with van der Waals surface area (Å²) in [6.45, 7) is 5.65. The van der Waals surface area contributed by atoms with Gasteiger partial charge >= 0.3 is 0 Å². The Hall–Kier alpha value is -1.24. The van der Waals surface area contributed by atoms with Crippen LogP contribution in [0.2, 0.25) is 0 Å². The molecule has 0 aliphatic carbocycles. The molecule has 0 saturated heterocycles. The fourth-order valence-electron chi connectivity index (χ4n) is 1.90. The molecule has 1 atom stereocenters. The molecule has 0 aliphatic heterocycles. The summed E-state index contributed by atoms with van der Waals surface area (Å²) >= 11 is 1.52. The lowest BCUT2D eigenvalue weighted by atomic mass is 10.2. The van der Waals surface area contributed by atoms with E-state index in [0.717, 1.165) is 15.6 Å². The van der Waals surface area contributed by atoms with Crippen LogP contribution in [0, 0.1) is 13.8 Å². The molecule has 1 N–H and O–H groups in total. The molecule has 6 heteroatoms. The number of nitrogens with zero attached hydrogens (tertiary/aromatic N) is 1. The summed E-state index contributed by atoms with van der Waals surface area (Å²) in [6, 6.07) is 8.10. The highest BCUT2D eigenvalue weighted by Crippen LogP contribution is 2.25. The number of nitrogens with one attached hydrogen (secondary N) is 1. The van der Waals surface area contributed by atoms with E-state index in [0.29, 0.717) is 0 Å². The van der Waals surface area contributed by atoms with Crippen molar-refractivity contribution in [2.45, 2.75) is 31.7 Å². The smallest absolute Gasteiger partial charge is 0.241 e. The van der Waals surface area contributed by atoms with Crippen molar-refractivity contribution in [3.63, 3.8) is 0 Å². The van der Waals surface area contributed by atoms with Gasteiger partial charge in [-0.15, -0.1) is 11.3 Å². The largest absolute Gasteiger partial charge is 0.247 e. The Bertz CT molecular complexity index is 663. The fourth-order valence-corrected chi connectivity index (χ4v) is 4.14. The highest BCUT2D eigenvalue weighted by Gasteiger charge is 2.20. The summed E-state index contributed by atoms with van der Waals surface area (Å²) in [5.41, 5.74) is 0.880. The molecule has 2 rings (SSSR count). The van der Waals surface area contributed by atoms with Crippen LogP contribution in [0.5, 0.6) is 0 Å². The van der Waals surface area contributed by atoms with E-state index >= 15 is 0 Å². The van der Waals surface area contributed by atoms with Crippen LogP contribution < -0.4 is 4.72 Å². The number of hydrogen-bond donors (Lipinski definition) is 1. The number of aryl methyl sites for hydroxylation is 2. The second kappa shape index (κ2) is 5.40. The molecule has 0 radical (unpaired) electrons.